The number of imide groups is 1. The molecule has 1 aliphatic heterocycles. The Morgan fingerprint density at radius 2 is 1.61 bits per heavy atom. The quantitative estimate of drug-likeness (QED) is 0.633. The Balaban J connectivity index is 1.84. The van der Waals surface area contributed by atoms with Crippen molar-refractivity contribution in [3.8, 4) is 0 Å². The van der Waals surface area contributed by atoms with Crippen LogP contribution in [0.15, 0.2) is 42.5 Å². The number of ether oxygens (including phenoxy) is 1. The molecule has 1 atom stereocenters. The average molecular weight is 313 g/mol. The Kier molecular flexibility index (Phi) is 4.55. The van der Waals surface area contributed by atoms with Crippen molar-refractivity contribution < 1.29 is 19.1 Å². The first kappa shape index (κ1) is 15.5. The molecule has 0 bridgehead atoms. The van der Waals surface area contributed by atoms with Gasteiger partial charge in [-0.3, -0.25) is 14.5 Å². The fourth-order valence-corrected chi connectivity index (χ4v) is 3.10. The van der Waals surface area contributed by atoms with Crippen LogP contribution in [0, 0.1) is 0 Å². The predicted octanol–water partition coefficient (Wildman–Crippen LogP) is 2.53. The van der Waals surface area contributed by atoms with Crippen molar-refractivity contribution in [1.82, 2.24) is 4.90 Å². The first-order valence-electron chi connectivity index (χ1n) is 7.97. The van der Waals surface area contributed by atoms with Gasteiger partial charge in [-0.1, -0.05) is 36.8 Å². The van der Waals surface area contributed by atoms with Crippen LogP contribution in [0.3, 0.4) is 0 Å². The average Bonchev–Trinajstić information content (AvgIpc) is 2.89. The molecule has 3 rings (SSSR count). The lowest BCUT2D eigenvalue weighted by Crippen LogP contribution is -2.40. The molecule has 0 radical (unpaired) electrons. The molecule has 1 aromatic carbocycles. The largest absolute Gasteiger partial charge is 0.461 e. The SMILES string of the molecule is O=C(OC1CCCCC1)[C@H](c1ccccc1)N1C(=O)C=CC1=O. The minimum Gasteiger partial charge on any atom is -0.461 e. The first-order chi connectivity index (χ1) is 11.2. The Hall–Kier alpha value is -2.43. The van der Waals surface area contributed by atoms with Crippen molar-refractivity contribution >= 4 is 17.8 Å². The second kappa shape index (κ2) is 6.77. The number of hydrogen-bond donors (Lipinski definition) is 0. The third kappa shape index (κ3) is 3.33. The molecule has 0 spiro atoms. The summed E-state index contributed by atoms with van der Waals surface area (Å²) in [5.74, 6) is -1.50. The van der Waals surface area contributed by atoms with Gasteiger partial charge in [-0.2, -0.15) is 0 Å². The maximum absolute atomic E-state index is 12.7. The van der Waals surface area contributed by atoms with E-state index in [-0.39, 0.29) is 6.10 Å². The van der Waals surface area contributed by atoms with E-state index >= 15 is 0 Å². The molecule has 0 unspecified atom stereocenters. The number of benzene rings is 1. The van der Waals surface area contributed by atoms with Crippen LogP contribution < -0.4 is 0 Å². The first-order valence-corrected chi connectivity index (χ1v) is 7.97. The number of carbonyl (C=O) groups excluding carboxylic acids is 3. The van der Waals surface area contributed by atoms with Gasteiger partial charge in [-0.05, 0) is 31.2 Å². The minimum absolute atomic E-state index is 0.122. The number of nitrogens with zero attached hydrogens (tertiary/aromatic N) is 1. The maximum atomic E-state index is 12.7. The number of amides is 2. The van der Waals surface area contributed by atoms with E-state index in [4.69, 9.17) is 4.74 Å². The summed E-state index contributed by atoms with van der Waals surface area (Å²) in [5.41, 5.74) is 0.582. The molecule has 0 aromatic heterocycles. The van der Waals surface area contributed by atoms with E-state index in [1.165, 1.54) is 12.2 Å². The molecule has 0 saturated heterocycles. The monoisotopic (exact) mass is 313 g/mol. The lowest BCUT2D eigenvalue weighted by molar-refractivity contribution is -0.163. The van der Waals surface area contributed by atoms with Gasteiger partial charge in [-0.15, -0.1) is 0 Å². The van der Waals surface area contributed by atoms with Gasteiger partial charge in [0.1, 0.15) is 6.10 Å². The standard InChI is InChI=1S/C18H19NO4/c20-15-11-12-16(21)19(15)17(13-7-3-1-4-8-13)18(22)23-14-9-5-2-6-10-14/h1,3-4,7-8,11-12,14,17H,2,5-6,9-10H2/t17-/m0/s1. The van der Waals surface area contributed by atoms with E-state index in [1.54, 1.807) is 24.3 Å². The Morgan fingerprint density at radius 3 is 2.22 bits per heavy atom. The lowest BCUT2D eigenvalue weighted by Gasteiger charge is -2.28. The predicted molar refractivity (Wildman–Crippen MR) is 83.1 cm³/mol. The van der Waals surface area contributed by atoms with Crippen LogP contribution in [-0.2, 0) is 19.1 Å². The van der Waals surface area contributed by atoms with Gasteiger partial charge in [0.05, 0.1) is 0 Å². The van der Waals surface area contributed by atoms with Crippen molar-refractivity contribution in [2.24, 2.45) is 0 Å². The molecule has 5 heteroatoms. The molecule has 1 fully saturated rings. The molecule has 23 heavy (non-hydrogen) atoms. The number of hydrogen-bond acceptors (Lipinski definition) is 4. The van der Waals surface area contributed by atoms with Gasteiger partial charge in [0.15, 0.2) is 6.04 Å². The van der Waals surface area contributed by atoms with E-state index in [2.05, 4.69) is 0 Å². The third-order valence-corrected chi connectivity index (χ3v) is 4.28. The van der Waals surface area contributed by atoms with Gasteiger partial charge < -0.3 is 4.74 Å². The summed E-state index contributed by atoms with van der Waals surface area (Å²) in [5, 5.41) is 0. The normalized spacial score (nSPS) is 19.9. The van der Waals surface area contributed by atoms with E-state index < -0.39 is 23.8 Å². The van der Waals surface area contributed by atoms with Crippen molar-refractivity contribution in [3.05, 3.63) is 48.0 Å². The van der Waals surface area contributed by atoms with Crippen LogP contribution in [-0.4, -0.2) is 28.8 Å². The third-order valence-electron chi connectivity index (χ3n) is 4.28. The highest BCUT2D eigenvalue weighted by Gasteiger charge is 2.38. The highest BCUT2D eigenvalue weighted by atomic mass is 16.5. The highest BCUT2D eigenvalue weighted by Crippen LogP contribution is 2.28. The summed E-state index contributed by atoms with van der Waals surface area (Å²) in [6.07, 6.45) is 7.17. The molecule has 2 aliphatic rings. The zero-order valence-corrected chi connectivity index (χ0v) is 12.8. The molecule has 2 amide bonds. The van der Waals surface area contributed by atoms with Gasteiger partial charge in [0, 0.05) is 12.2 Å². The van der Waals surface area contributed by atoms with Gasteiger partial charge in [0.25, 0.3) is 11.8 Å². The zero-order valence-electron chi connectivity index (χ0n) is 12.8. The summed E-state index contributed by atoms with van der Waals surface area (Å²) in [4.78, 5) is 37.7. The van der Waals surface area contributed by atoms with Gasteiger partial charge >= 0.3 is 5.97 Å². The molecule has 5 nitrogen and oxygen atoms in total. The van der Waals surface area contributed by atoms with Crippen molar-refractivity contribution in [2.45, 2.75) is 44.2 Å². The van der Waals surface area contributed by atoms with Crippen LogP contribution in [0.25, 0.3) is 0 Å². The van der Waals surface area contributed by atoms with Crippen LogP contribution in [0.1, 0.15) is 43.7 Å². The Bertz CT molecular complexity index is 614. The summed E-state index contributed by atoms with van der Waals surface area (Å²) < 4.78 is 5.60. The van der Waals surface area contributed by atoms with Crippen LogP contribution in [0.5, 0.6) is 0 Å². The summed E-state index contributed by atoms with van der Waals surface area (Å²) in [6.45, 7) is 0. The zero-order chi connectivity index (χ0) is 16.2. The van der Waals surface area contributed by atoms with Gasteiger partial charge in [0.2, 0.25) is 0 Å². The summed E-state index contributed by atoms with van der Waals surface area (Å²) in [7, 11) is 0. The van der Waals surface area contributed by atoms with E-state index in [0.29, 0.717) is 5.56 Å². The van der Waals surface area contributed by atoms with Crippen LogP contribution in [0.4, 0.5) is 0 Å². The van der Waals surface area contributed by atoms with Crippen LogP contribution >= 0.6 is 0 Å². The number of rotatable bonds is 4. The second-order valence-corrected chi connectivity index (χ2v) is 5.89. The summed E-state index contributed by atoms with van der Waals surface area (Å²) >= 11 is 0. The topological polar surface area (TPSA) is 63.7 Å². The van der Waals surface area contributed by atoms with Crippen molar-refractivity contribution in [1.29, 1.82) is 0 Å². The second-order valence-electron chi connectivity index (χ2n) is 5.89. The fourth-order valence-electron chi connectivity index (χ4n) is 3.10. The molecule has 1 aromatic rings. The molecule has 1 aliphatic carbocycles. The molecule has 1 saturated carbocycles. The number of carbonyl (C=O) groups is 3. The molecular weight excluding hydrogens is 294 g/mol. The maximum Gasteiger partial charge on any atom is 0.334 e. The van der Waals surface area contributed by atoms with E-state index in [0.717, 1.165) is 37.0 Å². The van der Waals surface area contributed by atoms with Crippen molar-refractivity contribution in [3.63, 3.8) is 0 Å². The lowest BCUT2D eigenvalue weighted by atomic mass is 9.97. The van der Waals surface area contributed by atoms with Crippen LogP contribution in [0.2, 0.25) is 0 Å². The fraction of sp³-hybridized carbons (Fsp3) is 0.389. The van der Waals surface area contributed by atoms with Gasteiger partial charge in [-0.25, -0.2) is 4.79 Å². The smallest absolute Gasteiger partial charge is 0.334 e. The molecular formula is C18H19NO4. The van der Waals surface area contributed by atoms with Crippen molar-refractivity contribution in [2.75, 3.05) is 0 Å². The molecule has 1 heterocycles. The van der Waals surface area contributed by atoms with E-state index in [1.807, 2.05) is 6.07 Å². The molecule has 120 valence electrons. The minimum atomic E-state index is -1.02. The summed E-state index contributed by atoms with van der Waals surface area (Å²) in [6, 6.07) is 7.80. The van der Waals surface area contributed by atoms with E-state index in [9.17, 15) is 14.4 Å². The Labute approximate surface area is 134 Å². The molecule has 0 N–H and O–H groups in total. The number of esters is 1. The Morgan fingerprint density at radius 1 is 1.00 bits per heavy atom. The highest BCUT2D eigenvalue weighted by molar-refractivity contribution is 6.14.